The zero-order valence-electron chi connectivity index (χ0n) is 9.53. The fraction of sp³-hybridized carbons (Fsp3) is 0.600. The molecule has 0 bridgehead atoms. The Morgan fingerprint density at radius 3 is 2.69 bits per heavy atom. The fourth-order valence-corrected chi connectivity index (χ4v) is 1.75. The minimum absolute atomic E-state index is 0.275. The molecule has 1 aliphatic rings. The zero-order valence-corrected chi connectivity index (χ0v) is 9.53. The van der Waals surface area contributed by atoms with Gasteiger partial charge in [0.25, 0.3) is 0 Å². The second kappa shape index (κ2) is 4.52. The normalized spacial score (nSPS) is 23.6. The first-order valence-electron chi connectivity index (χ1n) is 5.33. The topological polar surface area (TPSA) is 85.1 Å². The quantitative estimate of drug-likeness (QED) is 0.696. The molecule has 0 unspecified atom stereocenters. The predicted octanol–water partition coefficient (Wildman–Crippen LogP) is 0.690. The number of hydrogen-bond acceptors (Lipinski definition) is 6. The summed E-state index contributed by atoms with van der Waals surface area (Å²) in [5.41, 5.74) is 5.60. The Balaban J connectivity index is 1.97. The van der Waals surface area contributed by atoms with E-state index < -0.39 is 0 Å². The van der Waals surface area contributed by atoms with Crippen LogP contribution < -0.4 is 16.4 Å². The molecule has 6 heteroatoms. The lowest BCUT2D eigenvalue weighted by Gasteiger charge is -2.34. The number of anilines is 3. The highest BCUT2D eigenvalue weighted by Crippen LogP contribution is 2.26. The molecule has 1 saturated carbocycles. The third-order valence-corrected chi connectivity index (χ3v) is 2.78. The van der Waals surface area contributed by atoms with Crippen LogP contribution in [-0.2, 0) is 4.74 Å². The lowest BCUT2D eigenvalue weighted by Crippen LogP contribution is -2.40. The molecule has 4 N–H and O–H groups in total. The van der Waals surface area contributed by atoms with Crippen molar-refractivity contribution in [1.29, 1.82) is 0 Å². The van der Waals surface area contributed by atoms with Crippen molar-refractivity contribution >= 4 is 17.6 Å². The molecule has 0 aromatic carbocycles. The van der Waals surface area contributed by atoms with Gasteiger partial charge in [0, 0.05) is 26.3 Å². The maximum atomic E-state index is 5.60. The molecule has 0 spiro atoms. The fourth-order valence-electron chi connectivity index (χ4n) is 1.75. The van der Waals surface area contributed by atoms with Crippen LogP contribution in [0.25, 0.3) is 0 Å². The SMILES string of the molecule is CNc1cc(NC2CC(OC)C2)nc(N)n1. The maximum absolute atomic E-state index is 5.60. The minimum Gasteiger partial charge on any atom is -0.381 e. The third kappa shape index (κ3) is 2.33. The van der Waals surface area contributed by atoms with Crippen LogP contribution in [0.3, 0.4) is 0 Å². The molecular formula is C10H17N5O. The first-order valence-corrected chi connectivity index (χ1v) is 5.33. The summed E-state index contributed by atoms with van der Waals surface area (Å²) in [5, 5.41) is 6.25. The van der Waals surface area contributed by atoms with Gasteiger partial charge in [0.05, 0.1) is 6.10 Å². The van der Waals surface area contributed by atoms with Crippen LogP contribution in [-0.4, -0.2) is 36.3 Å². The number of rotatable bonds is 4. The van der Waals surface area contributed by atoms with Crippen LogP contribution in [0.1, 0.15) is 12.8 Å². The molecule has 16 heavy (non-hydrogen) atoms. The molecule has 0 aliphatic heterocycles. The minimum atomic E-state index is 0.275. The van der Waals surface area contributed by atoms with E-state index in [2.05, 4.69) is 20.6 Å². The summed E-state index contributed by atoms with van der Waals surface area (Å²) in [6, 6.07) is 2.26. The summed E-state index contributed by atoms with van der Waals surface area (Å²) >= 11 is 0. The number of nitrogen functional groups attached to an aromatic ring is 1. The Morgan fingerprint density at radius 2 is 2.06 bits per heavy atom. The number of nitrogens with two attached hydrogens (primary N) is 1. The van der Waals surface area contributed by atoms with Gasteiger partial charge in [-0.05, 0) is 12.8 Å². The molecule has 6 nitrogen and oxygen atoms in total. The Labute approximate surface area is 94.6 Å². The molecule has 0 atom stereocenters. The lowest BCUT2D eigenvalue weighted by atomic mass is 9.89. The summed E-state index contributed by atoms with van der Waals surface area (Å²) in [4.78, 5) is 8.15. The van der Waals surface area contributed by atoms with Crippen molar-refractivity contribution in [2.75, 3.05) is 30.5 Å². The Morgan fingerprint density at radius 1 is 1.38 bits per heavy atom. The number of hydrogen-bond donors (Lipinski definition) is 3. The van der Waals surface area contributed by atoms with Crippen LogP contribution in [0.2, 0.25) is 0 Å². The summed E-state index contributed by atoms with van der Waals surface area (Å²) in [6.45, 7) is 0. The van der Waals surface area contributed by atoms with Gasteiger partial charge in [-0.2, -0.15) is 9.97 Å². The average Bonchev–Trinajstić information content (AvgIpc) is 2.22. The van der Waals surface area contributed by atoms with Crippen molar-refractivity contribution in [3.63, 3.8) is 0 Å². The van der Waals surface area contributed by atoms with E-state index in [-0.39, 0.29) is 5.95 Å². The van der Waals surface area contributed by atoms with Crippen molar-refractivity contribution in [3.05, 3.63) is 6.07 Å². The molecule has 0 radical (unpaired) electrons. The summed E-state index contributed by atoms with van der Waals surface area (Å²) in [6.07, 6.45) is 2.39. The Hall–Kier alpha value is -1.56. The van der Waals surface area contributed by atoms with Crippen molar-refractivity contribution in [2.24, 2.45) is 0 Å². The van der Waals surface area contributed by atoms with E-state index in [0.717, 1.165) is 24.5 Å². The van der Waals surface area contributed by atoms with Gasteiger partial charge in [0.1, 0.15) is 11.6 Å². The second-order valence-corrected chi connectivity index (χ2v) is 3.92. The van der Waals surface area contributed by atoms with Gasteiger partial charge in [-0.3, -0.25) is 0 Å². The van der Waals surface area contributed by atoms with Gasteiger partial charge in [0.2, 0.25) is 5.95 Å². The molecule has 88 valence electrons. The van der Waals surface area contributed by atoms with Crippen molar-refractivity contribution < 1.29 is 4.74 Å². The summed E-state index contributed by atoms with van der Waals surface area (Å²) in [5.74, 6) is 1.76. The molecule has 0 amide bonds. The number of nitrogens with zero attached hydrogens (tertiary/aromatic N) is 2. The molecule has 1 aromatic heterocycles. The van der Waals surface area contributed by atoms with Gasteiger partial charge in [-0.15, -0.1) is 0 Å². The standard InChI is InChI=1S/C10H17N5O/c1-12-8-5-9(15-10(11)14-8)13-6-3-7(4-6)16-2/h5-7H,3-4H2,1-2H3,(H4,11,12,13,14,15). The zero-order chi connectivity index (χ0) is 11.5. The number of nitrogens with one attached hydrogen (secondary N) is 2. The molecule has 2 rings (SSSR count). The molecule has 0 saturated heterocycles. The molecule has 1 aliphatic carbocycles. The highest BCUT2D eigenvalue weighted by Gasteiger charge is 2.29. The van der Waals surface area contributed by atoms with Crippen molar-refractivity contribution in [3.8, 4) is 0 Å². The number of aromatic nitrogens is 2. The van der Waals surface area contributed by atoms with Gasteiger partial charge >= 0.3 is 0 Å². The smallest absolute Gasteiger partial charge is 0.223 e. The summed E-state index contributed by atoms with van der Waals surface area (Å²) in [7, 11) is 3.54. The van der Waals surface area contributed by atoms with E-state index in [0.29, 0.717) is 12.1 Å². The van der Waals surface area contributed by atoms with E-state index in [9.17, 15) is 0 Å². The van der Waals surface area contributed by atoms with Gasteiger partial charge < -0.3 is 21.1 Å². The van der Waals surface area contributed by atoms with Crippen molar-refractivity contribution in [1.82, 2.24) is 9.97 Å². The molecule has 1 heterocycles. The van der Waals surface area contributed by atoms with Gasteiger partial charge in [-0.25, -0.2) is 0 Å². The summed E-state index contributed by atoms with van der Waals surface area (Å²) < 4.78 is 5.21. The molecule has 1 aromatic rings. The first-order chi connectivity index (χ1) is 7.71. The van der Waals surface area contributed by atoms with Crippen LogP contribution in [0.5, 0.6) is 0 Å². The van der Waals surface area contributed by atoms with E-state index in [4.69, 9.17) is 10.5 Å². The number of ether oxygens (including phenoxy) is 1. The van der Waals surface area contributed by atoms with Gasteiger partial charge in [-0.1, -0.05) is 0 Å². The molecule has 1 fully saturated rings. The predicted molar refractivity (Wildman–Crippen MR) is 63.4 cm³/mol. The third-order valence-electron chi connectivity index (χ3n) is 2.78. The van der Waals surface area contributed by atoms with Crippen LogP contribution in [0.15, 0.2) is 6.07 Å². The Kier molecular flexibility index (Phi) is 3.09. The van der Waals surface area contributed by atoms with E-state index >= 15 is 0 Å². The van der Waals surface area contributed by atoms with Crippen LogP contribution >= 0.6 is 0 Å². The average molecular weight is 223 g/mol. The number of methoxy groups -OCH3 is 1. The lowest BCUT2D eigenvalue weighted by molar-refractivity contribution is 0.0328. The van der Waals surface area contributed by atoms with Crippen molar-refractivity contribution in [2.45, 2.75) is 25.0 Å². The largest absolute Gasteiger partial charge is 0.381 e. The highest BCUT2D eigenvalue weighted by atomic mass is 16.5. The second-order valence-electron chi connectivity index (χ2n) is 3.92. The van der Waals surface area contributed by atoms with Crippen LogP contribution in [0.4, 0.5) is 17.6 Å². The highest BCUT2D eigenvalue weighted by molar-refractivity contribution is 5.51. The van der Waals surface area contributed by atoms with E-state index in [1.807, 2.05) is 6.07 Å². The van der Waals surface area contributed by atoms with Crippen LogP contribution in [0, 0.1) is 0 Å². The molecular weight excluding hydrogens is 206 g/mol. The van der Waals surface area contributed by atoms with Gasteiger partial charge in [0.15, 0.2) is 0 Å². The van der Waals surface area contributed by atoms with E-state index in [1.165, 1.54) is 0 Å². The monoisotopic (exact) mass is 223 g/mol. The van der Waals surface area contributed by atoms with E-state index in [1.54, 1.807) is 14.2 Å². The maximum Gasteiger partial charge on any atom is 0.223 e. The first kappa shape index (κ1) is 10.9. The Bertz CT molecular complexity index is 364.